The number of hydrogen-bond donors (Lipinski definition) is 3. The molecule has 0 bridgehead atoms. The standard InChI is InChI=1S/C30H34N6O3S.ClH/c1-20-13-14-23-24(10-4-12-27(23)36-40(37,38)22-8-2-3-9-22)28(20)39-29-25(11-6-17-32-29)26-15-18-33-30(35-26)34-21-7-5-16-31-19-21;/h4,6,10-15,17-18,21-22,31,36H,2-3,5,7-9,16,19H2,1H3,(H,33,34,35);1H. The number of ether oxygens (including phenoxy) is 1. The van der Waals surface area contributed by atoms with Crippen molar-refractivity contribution < 1.29 is 13.2 Å². The predicted octanol–water partition coefficient (Wildman–Crippen LogP) is 6.06. The van der Waals surface area contributed by atoms with Crippen LogP contribution in [0.2, 0.25) is 0 Å². The summed E-state index contributed by atoms with van der Waals surface area (Å²) in [5.41, 5.74) is 2.91. The van der Waals surface area contributed by atoms with Crippen LogP contribution in [0.25, 0.3) is 22.0 Å². The zero-order valence-corrected chi connectivity index (χ0v) is 24.6. The first-order chi connectivity index (χ1) is 19.5. The largest absolute Gasteiger partial charge is 0.437 e. The molecule has 6 rings (SSSR count). The number of nitrogens with zero attached hydrogens (tertiary/aromatic N) is 3. The number of halogens is 1. The third-order valence-electron chi connectivity index (χ3n) is 7.73. The van der Waals surface area contributed by atoms with Crippen LogP contribution in [0, 0.1) is 6.92 Å². The van der Waals surface area contributed by atoms with Crippen LogP contribution in [0.1, 0.15) is 44.1 Å². The van der Waals surface area contributed by atoms with Crippen molar-refractivity contribution in [3.05, 3.63) is 66.5 Å². The molecule has 1 aliphatic carbocycles. The Morgan fingerprint density at radius 3 is 2.59 bits per heavy atom. The number of anilines is 2. The van der Waals surface area contributed by atoms with Crippen LogP contribution >= 0.6 is 12.4 Å². The number of pyridine rings is 1. The average Bonchev–Trinajstić information content (AvgIpc) is 3.52. The Balaban J connectivity index is 0.00000337. The molecule has 216 valence electrons. The number of aromatic nitrogens is 3. The number of rotatable bonds is 8. The summed E-state index contributed by atoms with van der Waals surface area (Å²) in [6.07, 6.45) is 8.92. The Labute approximate surface area is 247 Å². The summed E-state index contributed by atoms with van der Waals surface area (Å²) in [5.74, 6) is 1.61. The van der Waals surface area contributed by atoms with Gasteiger partial charge in [0.25, 0.3) is 0 Å². The Hall–Kier alpha value is -3.47. The van der Waals surface area contributed by atoms with E-state index >= 15 is 0 Å². The second kappa shape index (κ2) is 12.6. The third-order valence-corrected chi connectivity index (χ3v) is 9.59. The molecule has 2 aromatic carbocycles. The molecule has 11 heteroatoms. The first kappa shape index (κ1) is 29.0. The molecule has 2 aliphatic rings. The minimum atomic E-state index is -3.47. The van der Waals surface area contributed by atoms with Gasteiger partial charge in [0.2, 0.25) is 21.9 Å². The second-order valence-electron chi connectivity index (χ2n) is 10.6. The first-order valence-corrected chi connectivity index (χ1v) is 15.5. The van der Waals surface area contributed by atoms with E-state index in [1.807, 2.05) is 49.4 Å². The number of aryl methyl sites for hydroxylation is 1. The van der Waals surface area contributed by atoms with Gasteiger partial charge in [-0.2, -0.15) is 0 Å². The van der Waals surface area contributed by atoms with E-state index in [0.29, 0.717) is 41.8 Å². The predicted molar refractivity (Wildman–Crippen MR) is 166 cm³/mol. The van der Waals surface area contributed by atoms with E-state index in [1.54, 1.807) is 18.5 Å². The molecule has 3 heterocycles. The minimum absolute atomic E-state index is 0. The molecular formula is C30H35ClN6O3S. The van der Waals surface area contributed by atoms with Gasteiger partial charge in [-0.1, -0.05) is 37.1 Å². The van der Waals surface area contributed by atoms with Crippen molar-refractivity contribution in [1.82, 2.24) is 20.3 Å². The lowest BCUT2D eigenvalue weighted by Gasteiger charge is -2.23. The van der Waals surface area contributed by atoms with E-state index in [4.69, 9.17) is 9.72 Å². The lowest BCUT2D eigenvalue weighted by molar-refractivity contribution is 0.466. The molecule has 3 N–H and O–H groups in total. The minimum Gasteiger partial charge on any atom is -0.437 e. The molecule has 0 spiro atoms. The topological polar surface area (TPSA) is 118 Å². The van der Waals surface area contributed by atoms with Crippen LogP contribution in [-0.4, -0.2) is 47.8 Å². The number of sulfonamides is 1. The van der Waals surface area contributed by atoms with E-state index < -0.39 is 10.0 Å². The van der Waals surface area contributed by atoms with Crippen molar-refractivity contribution in [2.45, 2.75) is 56.7 Å². The fraction of sp³-hybridized carbons (Fsp3) is 0.367. The summed E-state index contributed by atoms with van der Waals surface area (Å²) in [6.45, 7) is 3.89. The molecule has 1 saturated carbocycles. The summed E-state index contributed by atoms with van der Waals surface area (Å²) >= 11 is 0. The average molecular weight is 595 g/mol. The van der Waals surface area contributed by atoms with Crippen LogP contribution in [0.5, 0.6) is 11.6 Å². The van der Waals surface area contributed by atoms with E-state index in [1.165, 1.54) is 0 Å². The third kappa shape index (κ3) is 6.39. The summed E-state index contributed by atoms with van der Waals surface area (Å²) in [4.78, 5) is 13.8. The van der Waals surface area contributed by atoms with Gasteiger partial charge in [-0.3, -0.25) is 4.72 Å². The zero-order valence-electron chi connectivity index (χ0n) is 23.0. The van der Waals surface area contributed by atoms with Gasteiger partial charge in [0.05, 0.1) is 22.2 Å². The van der Waals surface area contributed by atoms with E-state index in [9.17, 15) is 8.42 Å². The molecular weight excluding hydrogens is 560 g/mol. The summed E-state index contributed by atoms with van der Waals surface area (Å²) in [6, 6.07) is 15.4. The smallest absolute Gasteiger partial charge is 0.235 e. The van der Waals surface area contributed by atoms with Crippen LogP contribution in [0.3, 0.4) is 0 Å². The van der Waals surface area contributed by atoms with Crippen molar-refractivity contribution in [2.75, 3.05) is 23.1 Å². The van der Waals surface area contributed by atoms with Crippen molar-refractivity contribution in [3.63, 3.8) is 0 Å². The number of benzene rings is 2. The summed E-state index contributed by atoms with van der Waals surface area (Å²) in [5, 5.41) is 8.07. The monoisotopic (exact) mass is 594 g/mol. The highest BCUT2D eigenvalue weighted by Gasteiger charge is 2.29. The van der Waals surface area contributed by atoms with Crippen LogP contribution < -0.4 is 20.1 Å². The zero-order chi connectivity index (χ0) is 27.5. The molecule has 0 radical (unpaired) electrons. The highest BCUT2D eigenvalue weighted by Crippen LogP contribution is 2.39. The van der Waals surface area contributed by atoms with Gasteiger partial charge in [0.1, 0.15) is 5.75 Å². The maximum atomic E-state index is 13.1. The fourth-order valence-electron chi connectivity index (χ4n) is 5.60. The highest BCUT2D eigenvalue weighted by molar-refractivity contribution is 7.93. The van der Waals surface area contributed by atoms with Gasteiger partial charge in [0, 0.05) is 35.8 Å². The van der Waals surface area contributed by atoms with Gasteiger partial charge < -0.3 is 15.4 Å². The molecule has 1 unspecified atom stereocenters. The Kier molecular flexibility index (Phi) is 8.91. The maximum absolute atomic E-state index is 13.1. The number of nitrogens with one attached hydrogen (secondary N) is 3. The first-order valence-electron chi connectivity index (χ1n) is 14.0. The maximum Gasteiger partial charge on any atom is 0.235 e. The van der Waals surface area contributed by atoms with Gasteiger partial charge in [-0.15, -0.1) is 12.4 Å². The molecule has 1 aliphatic heterocycles. The fourth-order valence-corrected chi connectivity index (χ4v) is 7.20. The molecule has 9 nitrogen and oxygen atoms in total. The second-order valence-corrected chi connectivity index (χ2v) is 12.5. The van der Waals surface area contributed by atoms with Crippen LogP contribution in [-0.2, 0) is 10.0 Å². The molecule has 41 heavy (non-hydrogen) atoms. The molecule has 0 amide bonds. The molecule has 4 aromatic rings. The molecule has 1 saturated heterocycles. The molecule has 2 fully saturated rings. The Morgan fingerprint density at radius 1 is 0.927 bits per heavy atom. The lowest BCUT2D eigenvalue weighted by atomic mass is 10.0. The van der Waals surface area contributed by atoms with Crippen molar-refractivity contribution in [2.24, 2.45) is 0 Å². The van der Waals surface area contributed by atoms with E-state index in [2.05, 4.69) is 25.3 Å². The number of hydrogen-bond acceptors (Lipinski definition) is 8. The summed E-state index contributed by atoms with van der Waals surface area (Å²) in [7, 11) is -3.47. The Bertz CT molecular complexity index is 1620. The lowest BCUT2D eigenvalue weighted by Crippen LogP contribution is -2.38. The SMILES string of the molecule is Cc1ccc2c(NS(=O)(=O)C3CCCC3)cccc2c1Oc1ncccc1-c1ccnc(NC2CCCNC2)n1.Cl. The quantitative estimate of drug-likeness (QED) is 0.225. The molecule has 2 aromatic heterocycles. The van der Waals surface area contributed by atoms with E-state index in [0.717, 1.165) is 60.7 Å². The van der Waals surface area contributed by atoms with Gasteiger partial charge in [-0.25, -0.2) is 23.4 Å². The van der Waals surface area contributed by atoms with E-state index in [-0.39, 0.29) is 23.7 Å². The van der Waals surface area contributed by atoms with Crippen molar-refractivity contribution >= 4 is 44.8 Å². The van der Waals surface area contributed by atoms with Crippen LogP contribution in [0.15, 0.2) is 60.9 Å². The van der Waals surface area contributed by atoms with Crippen LogP contribution in [0.4, 0.5) is 11.6 Å². The summed E-state index contributed by atoms with van der Waals surface area (Å²) < 4.78 is 35.5. The van der Waals surface area contributed by atoms with Crippen molar-refractivity contribution in [1.29, 1.82) is 0 Å². The van der Waals surface area contributed by atoms with Gasteiger partial charge in [0.15, 0.2) is 0 Å². The van der Waals surface area contributed by atoms with Gasteiger partial charge in [-0.05, 0) is 69.0 Å². The number of piperidine rings is 1. The molecule has 1 atom stereocenters. The van der Waals surface area contributed by atoms with Gasteiger partial charge >= 0.3 is 0 Å². The van der Waals surface area contributed by atoms with Crippen molar-refractivity contribution in [3.8, 4) is 22.9 Å². The Morgan fingerprint density at radius 2 is 1.78 bits per heavy atom. The normalized spacial score (nSPS) is 17.6. The highest BCUT2D eigenvalue weighted by atomic mass is 35.5. The number of fused-ring (bicyclic) bond motifs is 1.